The summed E-state index contributed by atoms with van der Waals surface area (Å²) in [6.45, 7) is 6.43. The van der Waals surface area contributed by atoms with Gasteiger partial charge in [0, 0.05) is 12.2 Å². The van der Waals surface area contributed by atoms with E-state index in [0.29, 0.717) is 0 Å². The summed E-state index contributed by atoms with van der Waals surface area (Å²) in [6.07, 6.45) is 2.01. The molecule has 0 aliphatic carbocycles. The minimum atomic E-state index is -0.384. The average Bonchev–Trinajstić information content (AvgIpc) is 2.34. The Labute approximate surface area is 108 Å². The van der Waals surface area contributed by atoms with E-state index < -0.39 is 0 Å². The molecule has 1 aliphatic rings. The van der Waals surface area contributed by atoms with E-state index in [9.17, 15) is 4.79 Å². The lowest BCUT2D eigenvalue weighted by Gasteiger charge is -2.30. The first-order chi connectivity index (χ1) is 8.47. The Morgan fingerprint density at radius 3 is 2.78 bits per heavy atom. The minimum absolute atomic E-state index is 0.197. The molecule has 4 heteroatoms. The van der Waals surface area contributed by atoms with Gasteiger partial charge in [0.05, 0.1) is 5.60 Å². The van der Waals surface area contributed by atoms with Crippen LogP contribution < -0.4 is 10.4 Å². The number of aryl methyl sites for hydroxylation is 1. The van der Waals surface area contributed by atoms with E-state index in [1.165, 1.54) is 5.56 Å². The highest BCUT2D eigenvalue weighted by Crippen LogP contribution is 2.26. The van der Waals surface area contributed by atoms with Crippen molar-refractivity contribution in [3.05, 3.63) is 29.8 Å². The maximum absolute atomic E-state index is 12.1. The summed E-state index contributed by atoms with van der Waals surface area (Å²) in [5.74, 6) is 0. The van der Waals surface area contributed by atoms with Crippen LogP contribution in [0.25, 0.3) is 0 Å². The van der Waals surface area contributed by atoms with Crippen LogP contribution in [-0.4, -0.2) is 18.2 Å². The molecule has 0 aromatic heterocycles. The molecule has 4 nitrogen and oxygen atoms in total. The monoisotopic (exact) mass is 248 g/mol. The number of hydrogen-bond donors (Lipinski definition) is 1. The van der Waals surface area contributed by atoms with Gasteiger partial charge in [0.25, 0.3) is 0 Å². The summed E-state index contributed by atoms with van der Waals surface area (Å²) < 4.78 is 0. The zero-order valence-corrected chi connectivity index (χ0v) is 11.2. The van der Waals surface area contributed by atoms with Gasteiger partial charge in [0.1, 0.15) is 0 Å². The molecule has 1 N–H and O–H groups in total. The Hall–Kier alpha value is -1.55. The molecule has 0 saturated carbocycles. The first-order valence-electron chi connectivity index (χ1n) is 6.31. The highest BCUT2D eigenvalue weighted by molar-refractivity contribution is 5.92. The van der Waals surface area contributed by atoms with Crippen molar-refractivity contribution in [2.24, 2.45) is 0 Å². The van der Waals surface area contributed by atoms with Crippen LogP contribution in [-0.2, 0) is 11.3 Å². The number of amides is 2. The smallest absolute Gasteiger partial charge is 0.292 e. The molecule has 98 valence electrons. The molecule has 0 atom stereocenters. The number of hydroxylamine groups is 1. The summed E-state index contributed by atoms with van der Waals surface area (Å²) in [6, 6.07) is 7.81. The predicted octanol–water partition coefficient (Wildman–Crippen LogP) is 2.88. The Bertz CT molecular complexity index is 438. The van der Waals surface area contributed by atoms with E-state index >= 15 is 0 Å². The van der Waals surface area contributed by atoms with Crippen molar-refractivity contribution in [1.29, 1.82) is 0 Å². The maximum Gasteiger partial charge on any atom is 0.345 e. The van der Waals surface area contributed by atoms with Gasteiger partial charge in [-0.2, -0.15) is 0 Å². The Balaban J connectivity index is 2.08. The summed E-state index contributed by atoms with van der Waals surface area (Å²) in [4.78, 5) is 19.2. The number of fused-ring (bicyclic) bond motifs is 1. The maximum atomic E-state index is 12.1. The zero-order valence-electron chi connectivity index (χ0n) is 11.2. The third-order valence-corrected chi connectivity index (χ3v) is 2.80. The number of hydrogen-bond acceptors (Lipinski definition) is 2. The van der Waals surface area contributed by atoms with Crippen LogP contribution in [0.15, 0.2) is 24.3 Å². The number of benzene rings is 1. The van der Waals surface area contributed by atoms with E-state index in [2.05, 4.69) is 11.5 Å². The van der Waals surface area contributed by atoms with Gasteiger partial charge in [-0.15, -0.1) is 0 Å². The van der Waals surface area contributed by atoms with E-state index in [-0.39, 0.29) is 11.6 Å². The lowest BCUT2D eigenvalue weighted by atomic mass is 10.0. The number of urea groups is 1. The van der Waals surface area contributed by atoms with Gasteiger partial charge >= 0.3 is 6.03 Å². The molecule has 0 saturated heterocycles. The van der Waals surface area contributed by atoms with Crippen LogP contribution in [0.5, 0.6) is 0 Å². The predicted molar refractivity (Wildman–Crippen MR) is 71.5 cm³/mol. The van der Waals surface area contributed by atoms with Crippen molar-refractivity contribution in [2.45, 2.75) is 39.2 Å². The number of nitrogens with zero attached hydrogens (tertiary/aromatic N) is 1. The first kappa shape index (κ1) is 12.9. The molecule has 1 heterocycles. The van der Waals surface area contributed by atoms with Crippen molar-refractivity contribution in [3.63, 3.8) is 0 Å². The van der Waals surface area contributed by atoms with Crippen molar-refractivity contribution in [2.75, 3.05) is 11.4 Å². The molecule has 1 aromatic carbocycles. The van der Waals surface area contributed by atoms with Gasteiger partial charge in [-0.05, 0) is 45.2 Å². The fourth-order valence-corrected chi connectivity index (χ4v) is 2.00. The van der Waals surface area contributed by atoms with Crippen molar-refractivity contribution >= 4 is 11.7 Å². The number of rotatable bonds is 1. The topological polar surface area (TPSA) is 41.6 Å². The Morgan fingerprint density at radius 1 is 1.33 bits per heavy atom. The zero-order chi connectivity index (χ0) is 13.2. The third kappa shape index (κ3) is 3.01. The van der Waals surface area contributed by atoms with Gasteiger partial charge in [-0.25, -0.2) is 10.3 Å². The second-order valence-electron chi connectivity index (χ2n) is 5.51. The quantitative estimate of drug-likeness (QED) is 0.776. The molecule has 0 fully saturated rings. The SMILES string of the molecule is CC(C)(C)ONC(=O)N1CCCc2ccccc21. The molecule has 1 aliphatic heterocycles. The highest BCUT2D eigenvalue weighted by Gasteiger charge is 2.23. The third-order valence-electron chi connectivity index (χ3n) is 2.80. The van der Waals surface area contributed by atoms with Crippen LogP contribution in [0.3, 0.4) is 0 Å². The first-order valence-corrected chi connectivity index (χ1v) is 6.31. The second kappa shape index (κ2) is 4.98. The average molecular weight is 248 g/mol. The normalized spacial score (nSPS) is 15.2. The van der Waals surface area contributed by atoms with Gasteiger partial charge < -0.3 is 0 Å². The molecule has 2 rings (SSSR count). The van der Waals surface area contributed by atoms with E-state index in [0.717, 1.165) is 25.1 Å². The van der Waals surface area contributed by atoms with Crippen molar-refractivity contribution < 1.29 is 9.63 Å². The van der Waals surface area contributed by atoms with Gasteiger partial charge in [0.2, 0.25) is 0 Å². The molecular formula is C14H20N2O2. The highest BCUT2D eigenvalue weighted by atomic mass is 16.7. The molecule has 18 heavy (non-hydrogen) atoms. The van der Waals surface area contributed by atoms with Crippen LogP contribution in [0.4, 0.5) is 10.5 Å². The molecule has 0 radical (unpaired) electrons. The lowest BCUT2D eigenvalue weighted by Crippen LogP contribution is -2.45. The number of carbonyl (C=O) groups is 1. The van der Waals surface area contributed by atoms with Crippen LogP contribution >= 0.6 is 0 Å². The number of para-hydroxylation sites is 1. The summed E-state index contributed by atoms with van der Waals surface area (Å²) >= 11 is 0. The Morgan fingerprint density at radius 2 is 2.06 bits per heavy atom. The van der Waals surface area contributed by atoms with Gasteiger partial charge in [-0.3, -0.25) is 9.74 Å². The number of carbonyl (C=O) groups excluding carboxylic acids is 1. The largest absolute Gasteiger partial charge is 0.345 e. The number of nitrogens with one attached hydrogen (secondary N) is 1. The standard InChI is InChI=1S/C14H20N2O2/c1-14(2,3)18-15-13(17)16-10-6-8-11-7-4-5-9-12(11)16/h4-5,7,9H,6,8,10H2,1-3H3,(H,15,17). The van der Waals surface area contributed by atoms with Crippen LogP contribution in [0, 0.1) is 0 Å². The fraction of sp³-hybridized carbons (Fsp3) is 0.500. The molecule has 1 aromatic rings. The van der Waals surface area contributed by atoms with Gasteiger partial charge in [0.15, 0.2) is 0 Å². The molecule has 0 spiro atoms. The summed E-state index contributed by atoms with van der Waals surface area (Å²) in [5, 5.41) is 0. The van der Waals surface area contributed by atoms with Crippen molar-refractivity contribution in [1.82, 2.24) is 5.48 Å². The molecule has 2 amide bonds. The van der Waals surface area contributed by atoms with Crippen LogP contribution in [0.2, 0.25) is 0 Å². The fourth-order valence-electron chi connectivity index (χ4n) is 2.00. The second-order valence-corrected chi connectivity index (χ2v) is 5.51. The van der Waals surface area contributed by atoms with Crippen LogP contribution in [0.1, 0.15) is 32.8 Å². The summed E-state index contributed by atoms with van der Waals surface area (Å²) in [7, 11) is 0. The minimum Gasteiger partial charge on any atom is -0.292 e. The van der Waals surface area contributed by atoms with Gasteiger partial charge in [-0.1, -0.05) is 18.2 Å². The summed E-state index contributed by atoms with van der Waals surface area (Å²) in [5.41, 5.74) is 4.34. The molecular weight excluding hydrogens is 228 g/mol. The lowest BCUT2D eigenvalue weighted by molar-refractivity contribution is -0.0516. The van der Waals surface area contributed by atoms with E-state index in [1.807, 2.05) is 39.0 Å². The number of anilines is 1. The Kier molecular flexibility index (Phi) is 3.57. The van der Waals surface area contributed by atoms with E-state index in [4.69, 9.17) is 4.84 Å². The molecule has 0 bridgehead atoms. The molecule has 0 unspecified atom stereocenters. The van der Waals surface area contributed by atoms with E-state index in [1.54, 1.807) is 4.90 Å². The van der Waals surface area contributed by atoms with Crippen molar-refractivity contribution in [3.8, 4) is 0 Å².